The molecule has 1 saturated heterocycles. The van der Waals surface area contributed by atoms with Crippen LogP contribution in [-0.4, -0.2) is 63.6 Å². The molecule has 0 bridgehead atoms. The molecule has 1 saturated carbocycles. The van der Waals surface area contributed by atoms with E-state index in [1.54, 1.807) is 0 Å². The zero-order valence-corrected chi connectivity index (χ0v) is 18.3. The fraction of sp³-hybridized carbons (Fsp3) is 0.619. The molecule has 172 valence electrons. The van der Waals surface area contributed by atoms with Gasteiger partial charge < -0.3 is 14.8 Å². The van der Waals surface area contributed by atoms with Crippen molar-refractivity contribution >= 4 is 21.9 Å². The highest BCUT2D eigenvalue weighted by atomic mass is 32.2. The van der Waals surface area contributed by atoms with Crippen LogP contribution in [0.2, 0.25) is 0 Å². The first kappa shape index (κ1) is 23.6. The quantitative estimate of drug-likeness (QED) is 0.659. The number of nitrogens with one attached hydrogen (secondary N) is 1. The number of amides is 1. The van der Waals surface area contributed by atoms with E-state index >= 15 is 0 Å². The molecule has 0 atom stereocenters. The maximum atomic E-state index is 14.3. The average molecular weight is 457 g/mol. The molecule has 0 aromatic heterocycles. The minimum absolute atomic E-state index is 0.0718. The lowest BCUT2D eigenvalue weighted by atomic mass is 9.97. The van der Waals surface area contributed by atoms with Gasteiger partial charge in [0.15, 0.2) is 6.61 Å². The summed E-state index contributed by atoms with van der Waals surface area (Å²) in [4.78, 5) is 23.9. The van der Waals surface area contributed by atoms with E-state index in [2.05, 4.69) is 5.32 Å². The molecule has 2 fully saturated rings. The summed E-state index contributed by atoms with van der Waals surface area (Å²) in [7, 11) is -4.11. The van der Waals surface area contributed by atoms with Crippen molar-refractivity contribution < 1.29 is 31.9 Å². The van der Waals surface area contributed by atoms with Crippen molar-refractivity contribution in [1.29, 1.82) is 0 Å². The number of halogens is 1. The van der Waals surface area contributed by atoms with Gasteiger partial charge in [-0.25, -0.2) is 17.6 Å². The first-order valence-corrected chi connectivity index (χ1v) is 12.2. The second-order valence-electron chi connectivity index (χ2n) is 7.85. The highest BCUT2D eigenvalue weighted by Crippen LogP contribution is 2.22. The molecule has 0 radical (unpaired) electrons. The summed E-state index contributed by atoms with van der Waals surface area (Å²) < 4.78 is 51.0. The molecule has 2 aliphatic rings. The molecule has 1 amide bonds. The number of morpholine rings is 1. The summed E-state index contributed by atoms with van der Waals surface area (Å²) in [5, 5.41) is 2.89. The van der Waals surface area contributed by atoms with E-state index in [4.69, 9.17) is 9.47 Å². The van der Waals surface area contributed by atoms with Crippen molar-refractivity contribution in [3.63, 3.8) is 0 Å². The molecule has 31 heavy (non-hydrogen) atoms. The van der Waals surface area contributed by atoms with Crippen molar-refractivity contribution in [1.82, 2.24) is 9.62 Å². The number of benzene rings is 1. The van der Waals surface area contributed by atoms with Crippen LogP contribution < -0.4 is 5.32 Å². The van der Waals surface area contributed by atoms with Crippen LogP contribution in [0.1, 0.15) is 55.3 Å². The zero-order chi connectivity index (χ0) is 22.3. The van der Waals surface area contributed by atoms with Crippen molar-refractivity contribution in [2.24, 2.45) is 0 Å². The summed E-state index contributed by atoms with van der Waals surface area (Å²) in [6.45, 7) is 0.186. The Morgan fingerprint density at radius 2 is 1.74 bits per heavy atom. The van der Waals surface area contributed by atoms with Gasteiger partial charge in [-0.3, -0.25) is 4.79 Å². The molecular formula is C21H29FN2O6S. The Morgan fingerprint density at radius 1 is 1.10 bits per heavy atom. The van der Waals surface area contributed by atoms with Gasteiger partial charge in [-0.1, -0.05) is 32.1 Å². The maximum absolute atomic E-state index is 14.3. The van der Waals surface area contributed by atoms with Crippen molar-refractivity contribution in [3.05, 3.63) is 29.6 Å². The Kier molecular flexibility index (Phi) is 8.39. The molecule has 1 N–H and O–H groups in total. The van der Waals surface area contributed by atoms with Crippen LogP contribution in [-0.2, 0) is 24.3 Å². The second kappa shape index (κ2) is 11.0. The van der Waals surface area contributed by atoms with Gasteiger partial charge in [0.2, 0.25) is 10.0 Å². The lowest BCUT2D eigenvalue weighted by Gasteiger charge is -2.26. The van der Waals surface area contributed by atoms with Crippen LogP contribution in [0.25, 0.3) is 0 Å². The number of hydrogen-bond acceptors (Lipinski definition) is 6. The van der Waals surface area contributed by atoms with Crippen molar-refractivity contribution in [3.8, 4) is 0 Å². The van der Waals surface area contributed by atoms with Gasteiger partial charge in [-0.2, -0.15) is 4.31 Å². The van der Waals surface area contributed by atoms with Crippen LogP contribution in [0.3, 0.4) is 0 Å². The number of nitrogens with zero attached hydrogens (tertiary/aromatic N) is 1. The summed E-state index contributed by atoms with van der Waals surface area (Å²) in [6.07, 6.45) is 7.45. The lowest BCUT2D eigenvalue weighted by Crippen LogP contribution is -2.41. The molecule has 0 spiro atoms. The van der Waals surface area contributed by atoms with Gasteiger partial charge >= 0.3 is 5.97 Å². The monoisotopic (exact) mass is 456 g/mol. The number of sulfonamides is 1. The van der Waals surface area contributed by atoms with Crippen LogP contribution in [0.5, 0.6) is 0 Å². The summed E-state index contributed by atoms with van der Waals surface area (Å²) in [5.74, 6) is -2.24. The highest BCUT2D eigenvalue weighted by molar-refractivity contribution is 7.89. The Hall–Kier alpha value is -2.04. The normalized spacial score (nSPS) is 19.3. The van der Waals surface area contributed by atoms with Crippen LogP contribution in [0.15, 0.2) is 23.1 Å². The van der Waals surface area contributed by atoms with Gasteiger partial charge in [0.1, 0.15) is 10.7 Å². The number of hydrogen-bond donors (Lipinski definition) is 1. The first-order valence-electron chi connectivity index (χ1n) is 10.7. The van der Waals surface area contributed by atoms with Crippen molar-refractivity contribution in [2.45, 2.75) is 55.9 Å². The van der Waals surface area contributed by atoms with Gasteiger partial charge in [-0.05, 0) is 31.0 Å². The number of esters is 1. The third-order valence-corrected chi connectivity index (χ3v) is 7.47. The van der Waals surface area contributed by atoms with E-state index in [-0.39, 0.29) is 37.9 Å². The fourth-order valence-corrected chi connectivity index (χ4v) is 5.34. The molecule has 8 nitrogen and oxygen atoms in total. The van der Waals surface area contributed by atoms with E-state index in [1.165, 1.54) is 6.42 Å². The number of rotatable bonds is 6. The molecule has 1 aromatic carbocycles. The third-order valence-electron chi connectivity index (χ3n) is 5.56. The van der Waals surface area contributed by atoms with E-state index in [9.17, 15) is 22.4 Å². The number of ether oxygens (including phenoxy) is 2. The molecule has 10 heteroatoms. The summed E-state index contributed by atoms with van der Waals surface area (Å²) in [6, 6.07) is 3.08. The van der Waals surface area contributed by atoms with Gasteiger partial charge in [0, 0.05) is 19.1 Å². The van der Waals surface area contributed by atoms with Gasteiger partial charge in [-0.15, -0.1) is 0 Å². The van der Waals surface area contributed by atoms with E-state index < -0.39 is 39.2 Å². The maximum Gasteiger partial charge on any atom is 0.338 e. The number of carbonyl (C=O) groups is 2. The molecular weight excluding hydrogens is 427 g/mol. The van der Waals surface area contributed by atoms with Crippen LogP contribution in [0, 0.1) is 5.82 Å². The molecule has 1 aliphatic carbocycles. The molecule has 1 aliphatic heterocycles. The predicted molar refractivity (Wildman–Crippen MR) is 111 cm³/mol. The van der Waals surface area contributed by atoms with Gasteiger partial charge in [0.05, 0.1) is 18.8 Å². The fourth-order valence-electron chi connectivity index (χ4n) is 3.84. The summed E-state index contributed by atoms with van der Waals surface area (Å²) in [5.41, 5.74) is -0.132. The van der Waals surface area contributed by atoms with Gasteiger partial charge in [0.25, 0.3) is 5.91 Å². The Labute approximate surface area is 182 Å². The number of carbonyl (C=O) groups excluding carboxylic acids is 2. The average Bonchev–Trinajstić information content (AvgIpc) is 2.74. The first-order chi connectivity index (χ1) is 14.9. The Morgan fingerprint density at radius 3 is 2.42 bits per heavy atom. The standard InChI is InChI=1S/C21H29FN2O6S/c22-18-9-8-16(14-19(18)31(27,28)24-10-12-29-13-11-24)21(26)30-15-20(25)23-17-6-4-2-1-3-5-7-17/h8-9,14,17H,1-7,10-13,15H2,(H,23,25). The largest absolute Gasteiger partial charge is 0.452 e. The molecule has 1 aromatic rings. The van der Waals surface area contributed by atoms with E-state index in [1.807, 2.05) is 0 Å². The van der Waals surface area contributed by atoms with E-state index in [0.29, 0.717) is 0 Å². The lowest BCUT2D eigenvalue weighted by molar-refractivity contribution is -0.125. The van der Waals surface area contributed by atoms with Crippen LogP contribution in [0.4, 0.5) is 4.39 Å². The van der Waals surface area contributed by atoms with E-state index in [0.717, 1.165) is 61.0 Å². The van der Waals surface area contributed by atoms with Crippen molar-refractivity contribution in [2.75, 3.05) is 32.9 Å². The third kappa shape index (κ3) is 6.47. The molecule has 0 unspecified atom stereocenters. The smallest absolute Gasteiger partial charge is 0.338 e. The van der Waals surface area contributed by atoms with Crippen LogP contribution >= 0.6 is 0 Å². The summed E-state index contributed by atoms with van der Waals surface area (Å²) >= 11 is 0. The highest BCUT2D eigenvalue weighted by Gasteiger charge is 2.30. The minimum Gasteiger partial charge on any atom is -0.452 e. The topological polar surface area (TPSA) is 102 Å². The Bertz CT molecular complexity index is 878. The molecule has 3 rings (SSSR count). The Balaban J connectivity index is 1.60. The molecule has 1 heterocycles. The zero-order valence-electron chi connectivity index (χ0n) is 17.5. The second-order valence-corrected chi connectivity index (χ2v) is 9.75. The minimum atomic E-state index is -4.11. The predicted octanol–water partition coefficient (Wildman–Crippen LogP) is 2.23. The SMILES string of the molecule is O=C(COC(=O)c1ccc(F)c(S(=O)(=O)N2CCOCC2)c1)NC1CCCCCCC1.